The lowest BCUT2D eigenvalue weighted by atomic mass is 10.2. The van der Waals surface area contributed by atoms with E-state index in [4.69, 9.17) is 5.73 Å². The zero-order valence-corrected chi connectivity index (χ0v) is 12.7. The number of thiazole rings is 1. The minimum atomic E-state index is 0.0387. The molecule has 0 aliphatic heterocycles. The van der Waals surface area contributed by atoms with E-state index in [9.17, 15) is 0 Å². The first-order valence-electron chi connectivity index (χ1n) is 6.34. The molecule has 0 bridgehead atoms. The fraction of sp³-hybridized carbons (Fsp3) is 0.429. The average molecular weight is 276 g/mol. The summed E-state index contributed by atoms with van der Waals surface area (Å²) in [5.74, 6) is 0. The Morgan fingerprint density at radius 1 is 1.32 bits per heavy atom. The van der Waals surface area contributed by atoms with Crippen LogP contribution in [0.25, 0.3) is 0 Å². The minimum absolute atomic E-state index is 0.0387. The van der Waals surface area contributed by atoms with Crippen LogP contribution in [-0.2, 0) is 6.54 Å². The molecule has 19 heavy (non-hydrogen) atoms. The predicted molar refractivity (Wildman–Crippen MR) is 80.5 cm³/mol. The van der Waals surface area contributed by atoms with Crippen LogP contribution in [0.5, 0.6) is 0 Å². The lowest BCUT2D eigenvalue weighted by Crippen LogP contribution is -2.17. The van der Waals surface area contributed by atoms with Crippen LogP contribution < -0.4 is 10.6 Å². The molecule has 0 saturated carbocycles. The summed E-state index contributed by atoms with van der Waals surface area (Å²) in [6, 6.07) is 6.12. The Morgan fingerprint density at radius 2 is 2.05 bits per heavy atom. The normalized spacial score (nSPS) is 12.5. The molecule has 2 aromatic rings. The highest BCUT2D eigenvalue weighted by atomic mass is 32.1. The van der Waals surface area contributed by atoms with Crippen molar-refractivity contribution >= 4 is 16.5 Å². The number of hydrogen-bond acceptors (Lipinski definition) is 5. The molecule has 2 rings (SSSR count). The molecule has 1 atom stereocenters. The summed E-state index contributed by atoms with van der Waals surface area (Å²) < 4.78 is 0. The largest absolute Gasteiger partial charge is 0.345 e. The number of nitrogens with two attached hydrogens (primary N) is 1. The average Bonchev–Trinajstić information content (AvgIpc) is 2.71. The third kappa shape index (κ3) is 3.30. The highest BCUT2D eigenvalue weighted by Gasteiger charge is 2.14. The van der Waals surface area contributed by atoms with Crippen molar-refractivity contribution in [3.63, 3.8) is 0 Å². The minimum Gasteiger partial charge on any atom is -0.345 e. The first-order valence-corrected chi connectivity index (χ1v) is 7.15. The maximum atomic E-state index is 5.94. The third-order valence-electron chi connectivity index (χ3n) is 2.91. The molecular weight excluding hydrogens is 256 g/mol. The molecule has 2 N–H and O–H groups in total. The molecule has 0 radical (unpaired) electrons. The number of nitrogens with zero attached hydrogens (tertiary/aromatic N) is 3. The van der Waals surface area contributed by atoms with E-state index in [0.717, 1.165) is 33.6 Å². The van der Waals surface area contributed by atoms with Crippen molar-refractivity contribution in [1.29, 1.82) is 0 Å². The molecule has 4 nitrogen and oxygen atoms in total. The van der Waals surface area contributed by atoms with Crippen LogP contribution in [0.2, 0.25) is 0 Å². The van der Waals surface area contributed by atoms with Crippen molar-refractivity contribution in [3.8, 4) is 0 Å². The third-order valence-corrected chi connectivity index (χ3v) is 4.38. The molecule has 0 aliphatic rings. The van der Waals surface area contributed by atoms with Crippen LogP contribution in [0.4, 0.5) is 5.13 Å². The molecule has 102 valence electrons. The first kappa shape index (κ1) is 14.0. The van der Waals surface area contributed by atoms with Crippen molar-refractivity contribution < 1.29 is 0 Å². The number of hydrogen-bond donors (Lipinski definition) is 1. The Bertz CT molecular complexity index is 562. The molecule has 0 amide bonds. The van der Waals surface area contributed by atoms with E-state index < -0.39 is 0 Å². The van der Waals surface area contributed by atoms with Gasteiger partial charge in [0.05, 0.1) is 17.9 Å². The number of anilines is 1. The van der Waals surface area contributed by atoms with Crippen LogP contribution in [0, 0.1) is 13.8 Å². The Balaban J connectivity index is 2.16. The molecule has 1 unspecified atom stereocenters. The predicted octanol–water partition coefficient (Wildman–Crippen LogP) is 2.81. The van der Waals surface area contributed by atoms with Crippen LogP contribution >= 0.6 is 11.3 Å². The van der Waals surface area contributed by atoms with Gasteiger partial charge in [0.15, 0.2) is 5.13 Å². The zero-order chi connectivity index (χ0) is 14.0. The lowest BCUT2D eigenvalue weighted by Gasteiger charge is -2.15. The number of rotatable bonds is 4. The van der Waals surface area contributed by atoms with Gasteiger partial charge in [-0.3, -0.25) is 4.98 Å². The summed E-state index contributed by atoms with van der Waals surface area (Å²) in [4.78, 5) is 12.4. The van der Waals surface area contributed by atoms with Gasteiger partial charge in [-0.15, -0.1) is 11.3 Å². The van der Waals surface area contributed by atoms with Gasteiger partial charge in [0.25, 0.3) is 0 Å². The lowest BCUT2D eigenvalue weighted by molar-refractivity contribution is 0.823. The van der Waals surface area contributed by atoms with Crippen molar-refractivity contribution in [2.24, 2.45) is 5.73 Å². The van der Waals surface area contributed by atoms with E-state index in [2.05, 4.69) is 14.9 Å². The van der Waals surface area contributed by atoms with E-state index in [-0.39, 0.29) is 6.04 Å². The van der Waals surface area contributed by atoms with Crippen LogP contribution in [0.3, 0.4) is 0 Å². The Kier molecular flexibility index (Phi) is 4.17. The quantitative estimate of drug-likeness (QED) is 0.933. The molecule has 0 spiro atoms. The van der Waals surface area contributed by atoms with Gasteiger partial charge in [-0.05, 0) is 32.9 Å². The van der Waals surface area contributed by atoms with Crippen molar-refractivity contribution in [2.45, 2.75) is 33.4 Å². The van der Waals surface area contributed by atoms with Crippen LogP contribution in [0.15, 0.2) is 18.2 Å². The summed E-state index contributed by atoms with van der Waals surface area (Å²) >= 11 is 1.66. The molecule has 0 saturated heterocycles. The second kappa shape index (κ2) is 5.67. The molecule has 0 aromatic carbocycles. The molecule has 2 heterocycles. The van der Waals surface area contributed by atoms with Gasteiger partial charge in [0, 0.05) is 23.7 Å². The molecule has 0 aliphatic carbocycles. The SMILES string of the molecule is Cc1cccc(CN(C)c2nc(C)c(C(C)N)s2)n1. The fourth-order valence-electron chi connectivity index (χ4n) is 1.98. The standard InChI is InChI=1S/C14H20N4S/c1-9-6-5-7-12(16-9)8-18(4)14-17-11(3)13(19-14)10(2)15/h5-7,10H,8,15H2,1-4H3. The van der Waals surface area contributed by atoms with Crippen molar-refractivity contribution in [3.05, 3.63) is 40.2 Å². The Labute approximate surface area is 118 Å². The number of pyridine rings is 1. The van der Waals surface area contributed by atoms with E-state index in [1.54, 1.807) is 11.3 Å². The molecule has 5 heteroatoms. The van der Waals surface area contributed by atoms with E-state index in [1.165, 1.54) is 0 Å². The maximum absolute atomic E-state index is 5.94. The van der Waals surface area contributed by atoms with Gasteiger partial charge in [0.2, 0.25) is 0 Å². The number of aryl methyl sites for hydroxylation is 2. The topological polar surface area (TPSA) is 55.0 Å². The van der Waals surface area contributed by atoms with Crippen molar-refractivity contribution in [2.75, 3.05) is 11.9 Å². The number of aromatic nitrogens is 2. The van der Waals surface area contributed by atoms with Gasteiger partial charge >= 0.3 is 0 Å². The second-order valence-electron chi connectivity index (χ2n) is 4.86. The van der Waals surface area contributed by atoms with Gasteiger partial charge in [-0.25, -0.2) is 4.98 Å². The van der Waals surface area contributed by atoms with E-state index >= 15 is 0 Å². The summed E-state index contributed by atoms with van der Waals surface area (Å²) in [6.45, 7) is 6.77. The fourth-order valence-corrected chi connectivity index (χ4v) is 2.96. The highest BCUT2D eigenvalue weighted by Crippen LogP contribution is 2.29. The van der Waals surface area contributed by atoms with Crippen LogP contribution in [0.1, 0.15) is 34.9 Å². The first-order chi connectivity index (χ1) is 8.97. The summed E-state index contributed by atoms with van der Waals surface area (Å²) in [6.07, 6.45) is 0. The van der Waals surface area contributed by atoms with E-state index in [1.807, 2.05) is 46.0 Å². The van der Waals surface area contributed by atoms with Gasteiger partial charge in [0.1, 0.15) is 0 Å². The monoisotopic (exact) mass is 276 g/mol. The van der Waals surface area contributed by atoms with Crippen LogP contribution in [-0.4, -0.2) is 17.0 Å². The maximum Gasteiger partial charge on any atom is 0.185 e. The smallest absolute Gasteiger partial charge is 0.185 e. The molecule has 2 aromatic heterocycles. The summed E-state index contributed by atoms with van der Waals surface area (Å²) in [7, 11) is 2.03. The molecule has 0 fully saturated rings. The summed E-state index contributed by atoms with van der Waals surface area (Å²) in [5, 5.41) is 0.994. The van der Waals surface area contributed by atoms with Gasteiger partial charge < -0.3 is 10.6 Å². The second-order valence-corrected chi connectivity index (χ2v) is 5.87. The van der Waals surface area contributed by atoms with Gasteiger partial charge in [-0.2, -0.15) is 0 Å². The Hall–Kier alpha value is -1.46. The zero-order valence-electron chi connectivity index (χ0n) is 11.8. The summed E-state index contributed by atoms with van der Waals surface area (Å²) in [5.41, 5.74) is 9.06. The highest BCUT2D eigenvalue weighted by molar-refractivity contribution is 7.15. The molecular formula is C14H20N4S. The van der Waals surface area contributed by atoms with Crippen molar-refractivity contribution in [1.82, 2.24) is 9.97 Å². The van der Waals surface area contributed by atoms with Gasteiger partial charge in [-0.1, -0.05) is 6.07 Å². The Morgan fingerprint density at radius 3 is 2.63 bits per heavy atom. The van der Waals surface area contributed by atoms with E-state index in [0.29, 0.717) is 0 Å².